The maximum absolute atomic E-state index is 10.1. The third kappa shape index (κ3) is 1.66. The van der Waals surface area contributed by atoms with Gasteiger partial charge in [0.05, 0.1) is 6.10 Å². The fraction of sp³-hybridized carbons (Fsp3) is 0.733. The van der Waals surface area contributed by atoms with Gasteiger partial charge in [-0.05, 0) is 50.0 Å². The molecule has 1 heteroatoms. The lowest BCUT2D eigenvalue weighted by molar-refractivity contribution is 0.162. The van der Waals surface area contributed by atoms with Crippen LogP contribution in [0.15, 0.2) is 23.8 Å². The standard InChI is InChI=1S/C15H24O/c1-10(2)13-9-14(16)12(4)15(13)7-5-11(3)6-8-15/h5,10,13-14,16H,4,6-9H2,1-3H3. The average Bonchev–Trinajstić information content (AvgIpc) is 2.48. The van der Waals surface area contributed by atoms with Crippen LogP contribution in [0.25, 0.3) is 0 Å². The van der Waals surface area contributed by atoms with Crippen molar-refractivity contribution in [3.63, 3.8) is 0 Å². The molecule has 16 heavy (non-hydrogen) atoms. The van der Waals surface area contributed by atoms with Crippen LogP contribution in [-0.4, -0.2) is 11.2 Å². The molecule has 0 radical (unpaired) electrons. The average molecular weight is 220 g/mol. The molecule has 2 rings (SSSR count). The zero-order valence-electron chi connectivity index (χ0n) is 10.8. The van der Waals surface area contributed by atoms with Gasteiger partial charge < -0.3 is 5.11 Å². The second-order valence-electron chi connectivity index (χ2n) is 6.04. The van der Waals surface area contributed by atoms with E-state index in [1.54, 1.807) is 0 Å². The van der Waals surface area contributed by atoms with Crippen molar-refractivity contribution in [3.05, 3.63) is 23.8 Å². The predicted molar refractivity (Wildman–Crippen MR) is 68.1 cm³/mol. The molecule has 0 aromatic heterocycles. The third-order valence-electron chi connectivity index (χ3n) is 4.81. The smallest absolute Gasteiger partial charge is 0.0756 e. The van der Waals surface area contributed by atoms with E-state index in [2.05, 4.69) is 33.4 Å². The molecule has 0 aromatic rings. The zero-order valence-corrected chi connectivity index (χ0v) is 10.8. The number of aliphatic hydroxyl groups excluding tert-OH is 1. The molecular formula is C15H24O. The van der Waals surface area contributed by atoms with E-state index in [1.807, 2.05) is 0 Å². The van der Waals surface area contributed by atoms with Gasteiger partial charge >= 0.3 is 0 Å². The first-order valence-corrected chi connectivity index (χ1v) is 6.50. The van der Waals surface area contributed by atoms with Crippen molar-refractivity contribution in [2.45, 2.75) is 52.6 Å². The van der Waals surface area contributed by atoms with Gasteiger partial charge in [-0.25, -0.2) is 0 Å². The molecule has 2 aliphatic rings. The summed E-state index contributed by atoms with van der Waals surface area (Å²) in [5.74, 6) is 1.25. The maximum atomic E-state index is 10.1. The van der Waals surface area contributed by atoms with Crippen LogP contribution in [-0.2, 0) is 0 Å². The summed E-state index contributed by atoms with van der Waals surface area (Å²) in [5.41, 5.74) is 2.81. The van der Waals surface area contributed by atoms with Crippen molar-refractivity contribution < 1.29 is 5.11 Å². The van der Waals surface area contributed by atoms with E-state index in [4.69, 9.17) is 0 Å². The van der Waals surface area contributed by atoms with E-state index in [0.717, 1.165) is 18.4 Å². The van der Waals surface area contributed by atoms with E-state index >= 15 is 0 Å². The first-order chi connectivity index (χ1) is 7.47. The molecule has 1 spiro atoms. The Morgan fingerprint density at radius 2 is 2.19 bits per heavy atom. The molecule has 2 aliphatic carbocycles. The Balaban J connectivity index is 2.32. The molecular weight excluding hydrogens is 196 g/mol. The maximum Gasteiger partial charge on any atom is 0.0756 e. The van der Waals surface area contributed by atoms with Gasteiger partial charge in [0, 0.05) is 5.41 Å². The summed E-state index contributed by atoms with van der Waals surface area (Å²) in [6.07, 6.45) is 6.48. The molecule has 0 aromatic carbocycles. The SMILES string of the molecule is C=C1C(O)CC(C(C)C)C12CC=C(C)CC2. The third-order valence-corrected chi connectivity index (χ3v) is 4.81. The molecule has 1 fully saturated rings. The van der Waals surface area contributed by atoms with Gasteiger partial charge in [-0.3, -0.25) is 0 Å². The minimum atomic E-state index is -0.265. The summed E-state index contributed by atoms with van der Waals surface area (Å²) in [6, 6.07) is 0. The van der Waals surface area contributed by atoms with E-state index in [-0.39, 0.29) is 11.5 Å². The normalized spacial score (nSPS) is 39.6. The monoisotopic (exact) mass is 220 g/mol. The van der Waals surface area contributed by atoms with E-state index in [0.29, 0.717) is 11.8 Å². The van der Waals surface area contributed by atoms with Crippen molar-refractivity contribution in [1.82, 2.24) is 0 Å². The van der Waals surface area contributed by atoms with Gasteiger partial charge in [0.2, 0.25) is 0 Å². The van der Waals surface area contributed by atoms with Crippen LogP contribution in [0.4, 0.5) is 0 Å². The first kappa shape index (κ1) is 11.9. The van der Waals surface area contributed by atoms with Crippen LogP contribution in [0.5, 0.6) is 0 Å². The Morgan fingerprint density at radius 1 is 1.50 bits per heavy atom. The minimum Gasteiger partial charge on any atom is -0.389 e. The van der Waals surface area contributed by atoms with Crippen LogP contribution in [0.2, 0.25) is 0 Å². The highest BCUT2D eigenvalue weighted by Gasteiger charge is 2.50. The van der Waals surface area contributed by atoms with E-state index in [9.17, 15) is 5.11 Å². The molecule has 1 nitrogen and oxygen atoms in total. The Bertz CT molecular complexity index is 326. The molecule has 0 saturated heterocycles. The van der Waals surface area contributed by atoms with Gasteiger partial charge in [0.25, 0.3) is 0 Å². The lowest BCUT2D eigenvalue weighted by Crippen LogP contribution is -2.32. The molecule has 3 unspecified atom stereocenters. The van der Waals surface area contributed by atoms with Crippen molar-refractivity contribution in [2.75, 3.05) is 0 Å². The van der Waals surface area contributed by atoms with Crippen LogP contribution in [0.3, 0.4) is 0 Å². The van der Waals surface area contributed by atoms with Crippen molar-refractivity contribution >= 4 is 0 Å². The largest absolute Gasteiger partial charge is 0.389 e. The Kier molecular flexibility index (Phi) is 3.00. The van der Waals surface area contributed by atoms with Gasteiger partial charge in [-0.2, -0.15) is 0 Å². The minimum absolute atomic E-state index is 0.201. The Hall–Kier alpha value is -0.560. The molecule has 1 N–H and O–H groups in total. The number of aliphatic hydroxyl groups is 1. The topological polar surface area (TPSA) is 20.2 Å². The number of hydrogen-bond acceptors (Lipinski definition) is 1. The Morgan fingerprint density at radius 3 is 2.69 bits per heavy atom. The van der Waals surface area contributed by atoms with Gasteiger partial charge in [0.15, 0.2) is 0 Å². The summed E-state index contributed by atoms with van der Waals surface area (Å²) >= 11 is 0. The van der Waals surface area contributed by atoms with Crippen molar-refractivity contribution in [1.29, 1.82) is 0 Å². The molecule has 1 saturated carbocycles. The van der Waals surface area contributed by atoms with Gasteiger partial charge in [0.1, 0.15) is 0 Å². The summed E-state index contributed by atoms with van der Waals surface area (Å²) in [4.78, 5) is 0. The fourth-order valence-electron chi connectivity index (χ4n) is 3.70. The number of hydrogen-bond donors (Lipinski definition) is 1. The van der Waals surface area contributed by atoms with E-state index < -0.39 is 0 Å². The molecule has 0 aliphatic heterocycles. The van der Waals surface area contributed by atoms with Crippen LogP contribution < -0.4 is 0 Å². The second kappa shape index (κ2) is 4.03. The molecule has 0 heterocycles. The fourth-order valence-corrected chi connectivity index (χ4v) is 3.70. The zero-order chi connectivity index (χ0) is 11.9. The van der Waals surface area contributed by atoms with Crippen LogP contribution in [0.1, 0.15) is 46.5 Å². The molecule has 3 atom stereocenters. The number of allylic oxidation sites excluding steroid dienone is 2. The Labute approximate surface area is 99.3 Å². The highest BCUT2D eigenvalue weighted by molar-refractivity contribution is 5.28. The first-order valence-electron chi connectivity index (χ1n) is 6.50. The summed E-state index contributed by atoms with van der Waals surface area (Å²) in [7, 11) is 0. The lowest BCUT2D eigenvalue weighted by Gasteiger charge is -2.40. The summed E-state index contributed by atoms with van der Waals surface area (Å²) in [6.45, 7) is 11.0. The van der Waals surface area contributed by atoms with Crippen LogP contribution >= 0.6 is 0 Å². The van der Waals surface area contributed by atoms with E-state index in [1.165, 1.54) is 18.4 Å². The quantitative estimate of drug-likeness (QED) is 0.668. The second-order valence-corrected chi connectivity index (χ2v) is 6.04. The number of rotatable bonds is 1. The van der Waals surface area contributed by atoms with Gasteiger partial charge in [-0.15, -0.1) is 0 Å². The molecule has 0 amide bonds. The summed E-state index contributed by atoms with van der Waals surface area (Å²) < 4.78 is 0. The molecule has 90 valence electrons. The summed E-state index contributed by atoms with van der Waals surface area (Å²) in [5, 5.41) is 10.1. The predicted octanol–water partition coefficient (Wildman–Crippen LogP) is 3.70. The highest BCUT2D eigenvalue weighted by Crippen LogP contribution is 2.57. The lowest BCUT2D eigenvalue weighted by atomic mass is 9.63. The van der Waals surface area contributed by atoms with Crippen LogP contribution in [0, 0.1) is 17.3 Å². The highest BCUT2D eigenvalue weighted by atomic mass is 16.3. The van der Waals surface area contributed by atoms with Crippen molar-refractivity contribution in [3.8, 4) is 0 Å². The molecule has 0 bridgehead atoms. The van der Waals surface area contributed by atoms with Gasteiger partial charge in [-0.1, -0.05) is 32.1 Å². The van der Waals surface area contributed by atoms with Crippen molar-refractivity contribution in [2.24, 2.45) is 17.3 Å².